The van der Waals surface area contributed by atoms with Gasteiger partial charge in [-0.1, -0.05) is 0 Å². The van der Waals surface area contributed by atoms with Gasteiger partial charge in [0.1, 0.15) is 0 Å². The summed E-state index contributed by atoms with van der Waals surface area (Å²) < 4.78 is 26.4. The smallest absolute Gasteiger partial charge is 0.273 e. The molecule has 1 saturated carbocycles. The molecule has 0 unspecified atom stereocenters. The first-order valence-electron chi connectivity index (χ1n) is 5.86. The largest absolute Gasteiger partial charge is 0.294 e. The van der Waals surface area contributed by atoms with Crippen molar-refractivity contribution in [2.45, 2.75) is 31.0 Å². The second kappa shape index (κ2) is 3.87. The predicted molar refractivity (Wildman–Crippen MR) is 66.6 cm³/mol. The molecule has 0 aliphatic heterocycles. The fourth-order valence-corrected chi connectivity index (χ4v) is 2.80. The zero-order valence-electron chi connectivity index (χ0n) is 10.6. The lowest BCUT2D eigenvalue weighted by molar-refractivity contribution is 0.567. The maximum Gasteiger partial charge on any atom is 0.273 e. The number of nitrogens with two attached hydrogens (primary N) is 1. The topological polar surface area (TPSA) is 109 Å². The van der Waals surface area contributed by atoms with Gasteiger partial charge in [0.15, 0.2) is 5.82 Å². The Morgan fingerprint density at radius 3 is 2.53 bits per heavy atom. The number of nitrogens with zero attached hydrogens (tertiary/aromatic N) is 5. The third-order valence-electron chi connectivity index (χ3n) is 3.09. The van der Waals surface area contributed by atoms with E-state index in [1.165, 1.54) is 0 Å². The van der Waals surface area contributed by atoms with Crippen LogP contribution in [0.4, 0.5) is 0 Å². The molecule has 0 amide bonds. The van der Waals surface area contributed by atoms with Crippen molar-refractivity contribution in [2.75, 3.05) is 0 Å². The van der Waals surface area contributed by atoms with E-state index in [0.29, 0.717) is 5.82 Å². The van der Waals surface area contributed by atoms with Crippen LogP contribution in [0.5, 0.6) is 0 Å². The maximum absolute atomic E-state index is 11.6. The SMILES string of the molecule is Cc1nn(C)cc1-c1nnc(S(N)(=O)=O)n1C1CC1. The van der Waals surface area contributed by atoms with Crippen LogP contribution in [0.3, 0.4) is 0 Å². The van der Waals surface area contributed by atoms with Gasteiger partial charge in [-0.15, -0.1) is 10.2 Å². The minimum Gasteiger partial charge on any atom is -0.294 e. The highest BCUT2D eigenvalue weighted by molar-refractivity contribution is 7.89. The van der Waals surface area contributed by atoms with Crippen LogP contribution in [-0.4, -0.2) is 33.0 Å². The van der Waals surface area contributed by atoms with Crippen LogP contribution in [0.25, 0.3) is 11.4 Å². The summed E-state index contributed by atoms with van der Waals surface area (Å²) in [4.78, 5) is 0. The molecule has 2 aromatic heterocycles. The quantitative estimate of drug-likeness (QED) is 0.850. The third-order valence-corrected chi connectivity index (χ3v) is 3.87. The number of sulfonamides is 1. The molecule has 9 heteroatoms. The minimum atomic E-state index is -3.87. The predicted octanol–water partition coefficient (Wildman–Crippen LogP) is -0.0307. The standard InChI is InChI=1S/C10H14N6O2S/c1-6-8(5-15(2)14-6)9-12-13-10(19(11,17)18)16(9)7-3-4-7/h5,7H,3-4H2,1-2H3,(H2,11,17,18). The lowest BCUT2D eigenvalue weighted by atomic mass is 10.2. The maximum atomic E-state index is 11.6. The summed E-state index contributed by atoms with van der Waals surface area (Å²) in [6, 6.07) is 0.109. The number of aryl methyl sites for hydroxylation is 2. The molecule has 2 aromatic rings. The van der Waals surface area contributed by atoms with Crippen molar-refractivity contribution in [2.24, 2.45) is 12.2 Å². The van der Waals surface area contributed by atoms with Crippen LogP contribution in [0, 0.1) is 6.92 Å². The Morgan fingerprint density at radius 1 is 1.37 bits per heavy atom. The Hall–Kier alpha value is -1.74. The number of hydrogen-bond acceptors (Lipinski definition) is 5. The van der Waals surface area contributed by atoms with Gasteiger partial charge in [0.25, 0.3) is 15.2 Å². The normalized spacial score (nSPS) is 15.9. The van der Waals surface area contributed by atoms with Gasteiger partial charge in [0.2, 0.25) is 0 Å². The first-order valence-corrected chi connectivity index (χ1v) is 7.41. The summed E-state index contributed by atoms with van der Waals surface area (Å²) in [5.41, 5.74) is 1.55. The van der Waals surface area contributed by atoms with Gasteiger partial charge in [-0.05, 0) is 19.8 Å². The molecule has 0 saturated heterocycles. The second-order valence-electron chi connectivity index (χ2n) is 4.75. The van der Waals surface area contributed by atoms with Crippen molar-refractivity contribution in [3.05, 3.63) is 11.9 Å². The average molecular weight is 282 g/mol. The Morgan fingerprint density at radius 2 is 2.05 bits per heavy atom. The fraction of sp³-hybridized carbons (Fsp3) is 0.500. The average Bonchev–Trinajstić information content (AvgIpc) is 2.93. The van der Waals surface area contributed by atoms with Gasteiger partial charge in [0.05, 0.1) is 11.3 Å². The van der Waals surface area contributed by atoms with Gasteiger partial charge >= 0.3 is 0 Å². The molecule has 0 bridgehead atoms. The summed E-state index contributed by atoms with van der Waals surface area (Å²) in [6.45, 7) is 1.85. The highest BCUT2D eigenvalue weighted by Gasteiger charge is 2.34. The highest BCUT2D eigenvalue weighted by atomic mass is 32.2. The number of hydrogen-bond donors (Lipinski definition) is 1. The Kier molecular flexibility index (Phi) is 2.51. The Labute approximate surface area is 110 Å². The summed E-state index contributed by atoms with van der Waals surface area (Å²) in [5, 5.41) is 17.0. The monoisotopic (exact) mass is 282 g/mol. The summed E-state index contributed by atoms with van der Waals surface area (Å²) in [7, 11) is -2.07. The molecule has 102 valence electrons. The van der Waals surface area contributed by atoms with Crippen LogP contribution >= 0.6 is 0 Å². The third kappa shape index (κ3) is 2.04. The van der Waals surface area contributed by atoms with Crippen molar-refractivity contribution < 1.29 is 8.42 Å². The van der Waals surface area contributed by atoms with E-state index in [4.69, 9.17) is 5.14 Å². The first-order chi connectivity index (χ1) is 8.88. The second-order valence-corrected chi connectivity index (χ2v) is 6.21. The summed E-state index contributed by atoms with van der Waals surface area (Å²) >= 11 is 0. The van der Waals surface area contributed by atoms with Gasteiger partial charge in [-0.25, -0.2) is 13.6 Å². The van der Waals surface area contributed by atoms with Crippen molar-refractivity contribution in [3.8, 4) is 11.4 Å². The summed E-state index contributed by atoms with van der Waals surface area (Å²) in [6.07, 6.45) is 3.62. The van der Waals surface area contributed by atoms with Crippen molar-refractivity contribution >= 4 is 10.0 Å². The minimum absolute atomic E-state index is 0.109. The number of aromatic nitrogens is 5. The van der Waals surface area contributed by atoms with Gasteiger partial charge in [-0.2, -0.15) is 5.10 Å². The van der Waals surface area contributed by atoms with E-state index in [1.54, 1.807) is 22.5 Å². The number of rotatable bonds is 3. The highest BCUT2D eigenvalue weighted by Crippen LogP contribution is 2.40. The molecule has 0 spiro atoms. The van der Waals surface area contributed by atoms with Crippen LogP contribution in [-0.2, 0) is 17.1 Å². The lowest BCUT2D eigenvalue weighted by Gasteiger charge is -2.06. The molecular weight excluding hydrogens is 268 g/mol. The van der Waals surface area contributed by atoms with E-state index in [0.717, 1.165) is 24.1 Å². The van der Waals surface area contributed by atoms with E-state index in [2.05, 4.69) is 15.3 Å². The fourth-order valence-electron chi connectivity index (χ4n) is 2.14. The molecule has 19 heavy (non-hydrogen) atoms. The molecular formula is C10H14N6O2S. The van der Waals surface area contributed by atoms with Crippen molar-refractivity contribution in [1.82, 2.24) is 24.5 Å². The zero-order chi connectivity index (χ0) is 13.8. The van der Waals surface area contributed by atoms with Gasteiger partial charge in [0, 0.05) is 19.3 Å². The van der Waals surface area contributed by atoms with Gasteiger partial charge < -0.3 is 0 Å². The molecule has 1 fully saturated rings. The van der Waals surface area contributed by atoms with Crippen LogP contribution < -0.4 is 5.14 Å². The lowest BCUT2D eigenvalue weighted by Crippen LogP contribution is -2.18. The van der Waals surface area contributed by atoms with Crippen molar-refractivity contribution in [1.29, 1.82) is 0 Å². The summed E-state index contributed by atoms with van der Waals surface area (Å²) in [5.74, 6) is 0.511. The van der Waals surface area contributed by atoms with Crippen LogP contribution in [0.1, 0.15) is 24.6 Å². The number of primary sulfonamides is 1. The molecule has 2 N–H and O–H groups in total. The first kappa shape index (κ1) is 12.3. The molecule has 0 aromatic carbocycles. The van der Waals surface area contributed by atoms with E-state index in [9.17, 15) is 8.42 Å². The van der Waals surface area contributed by atoms with E-state index in [-0.39, 0.29) is 11.2 Å². The molecule has 0 atom stereocenters. The van der Waals surface area contributed by atoms with E-state index >= 15 is 0 Å². The molecule has 3 rings (SSSR count). The molecule has 2 heterocycles. The molecule has 8 nitrogen and oxygen atoms in total. The van der Waals surface area contributed by atoms with Crippen LogP contribution in [0.15, 0.2) is 11.4 Å². The molecule has 1 aliphatic carbocycles. The molecule has 1 aliphatic rings. The zero-order valence-corrected chi connectivity index (χ0v) is 11.4. The Bertz CT molecular complexity index is 740. The Balaban J connectivity index is 2.23. The van der Waals surface area contributed by atoms with Gasteiger partial charge in [-0.3, -0.25) is 9.25 Å². The van der Waals surface area contributed by atoms with Crippen LogP contribution in [0.2, 0.25) is 0 Å². The molecule has 0 radical (unpaired) electrons. The van der Waals surface area contributed by atoms with E-state index in [1.807, 2.05) is 6.92 Å². The van der Waals surface area contributed by atoms with E-state index < -0.39 is 10.0 Å². The van der Waals surface area contributed by atoms with Crippen molar-refractivity contribution in [3.63, 3.8) is 0 Å².